The van der Waals surface area contributed by atoms with Crippen molar-refractivity contribution in [3.63, 3.8) is 0 Å². The van der Waals surface area contributed by atoms with Gasteiger partial charge in [0.1, 0.15) is 6.61 Å². The van der Waals surface area contributed by atoms with Crippen molar-refractivity contribution in [3.8, 4) is 0 Å². The number of carbonyl (C=O) groups is 2. The van der Waals surface area contributed by atoms with Gasteiger partial charge in [-0.1, -0.05) is 147 Å². The summed E-state index contributed by atoms with van der Waals surface area (Å²) in [5.41, 5.74) is 0. The van der Waals surface area contributed by atoms with E-state index in [2.05, 4.69) is 30.2 Å². The molecule has 1 atom stereocenters. The Kier molecular flexibility index (Phi) is 34.3. The number of rotatable bonds is 37. The van der Waals surface area contributed by atoms with Crippen molar-refractivity contribution in [1.29, 1.82) is 0 Å². The summed E-state index contributed by atoms with van der Waals surface area (Å²) in [5.74, 6) is -0.888. The molecule has 0 unspecified atom stereocenters. The topological polar surface area (TPSA) is 119 Å². The van der Waals surface area contributed by atoms with Gasteiger partial charge in [0.2, 0.25) is 0 Å². The maximum absolute atomic E-state index is 12.4. The molecule has 0 aromatic carbocycles. The SMILES string of the molecule is C=CCCCCCCCCCCCCCCCC(=O)OC[C@H](COP(=O)(O)O)OC(=O)CCCCCCCCC/C=C/CCCCCC. The molecule has 0 aliphatic rings. The molecule has 0 aliphatic carbocycles. The molecule has 0 saturated heterocycles. The summed E-state index contributed by atoms with van der Waals surface area (Å²) in [6, 6.07) is 0. The van der Waals surface area contributed by atoms with Crippen LogP contribution >= 0.6 is 7.82 Å². The number of phosphoric ester groups is 1. The van der Waals surface area contributed by atoms with Crippen LogP contribution in [0.25, 0.3) is 0 Å². The Morgan fingerprint density at radius 3 is 1.42 bits per heavy atom. The van der Waals surface area contributed by atoms with Crippen LogP contribution in [-0.4, -0.2) is 41.0 Å². The van der Waals surface area contributed by atoms with Crippen LogP contribution in [0, 0.1) is 0 Å². The quantitative estimate of drug-likeness (QED) is 0.0284. The van der Waals surface area contributed by atoms with Crippen molar-refractivity contribution in [2.24, 2.45) is 0 Å². The van der Waals surface area contributed by atoms with Gasteiger partial charge in [-0.2, -0.15) is 0 Å². The second-order valence-corrected chi connectivity index (χ2v) is 14.6. The maximum Gasteiger partial charge on any atom is 0.469 e. The monoisotopic (exact) mass is 701 g/mol. The van der Waals surface area contributed by atoms with Gasteiger partial charge in [-0.15, -0.1) is 6.58 Å². The fraction of sp³-hybridized carbons (Fsp3) is 0.846. The second kappa shape index (κ2) is 35.4. The molecule has 0 spiro atoms. The molecule has 48 heavy (non-hydrogen) atoms. The smallest absolute Gasteiger partial charge is 0.462 e. The Bertz CT molecular complexity index is 825. The van der Waals surface area contributed by atoms with Gasteiger partial charge in [-0.05, 0) is 51.4 Å². The standard InChI is InChI=1S/C39H73O8P/c1-3-5-7-9-11-13-15-17-19-21-23-25-27-29-31-33-38(40)45-35-37(36-46-48(42,43)44)47-39(41)34-32-30-28-26-24-22-20-18-16-14-12-10-8-6-4-2/h3,14,16,37H,1,4-13,15,17-36H2,2H3,(H2,42,43,44)/b16-14+/t37-/m1/s1. The van der Waals surface area contributed by atoms with Crippen molar-refractivity contribution in [2.45, 2.75) is 199 Å². The first-order chi connectivity index (χ1) is 23.3. The van der Waals surface area contributed by atoms with Crippen molar-refractivity contribution in [2.75, 3.05) is 13.2 Å². The van der Waals surface area contributed by atoms with E-state index in [1.54, 1.807) is 0 Å². The third-order valence-corrected chi connectivity index (χ3v) is 9.07. The fourth-order valence-electron chi connectivity index (χ4n) is 5.64. The summed E-state index contributed by atoms with van der Waals surface area (Å²) in [7, 11) is -4.75. The van der Waals surface area contributed by atoms with Gasteiger partial charge in [0.25, 0.3) is 0 Å². The van der Waals surface area contributed by atoms with Gasteiger partial charge in [0.15, 0.2) is 6.10 Å². The summed E-state index contributed by atoms with van der Waals surface area (Å²) in [4.78, 5) is 42.7. The molecule has 0 rings (SSSR count). The zero-order valence-corrected chi connectivity index (χ0v) is 31.6. The molecule has 0 heterocycles. The van der Waals surface area contributed by atoms with Crippen LogP contribution in [0.5, 0.6) is 0 Å². The predicted molar refractivity (Wildman–Crippen MR) is 198 cm³/mol. The molecule has 0 radical (unpaired) electrons. The van der Waals surface area contributed by atoms with Crippen molar-refractivity contribution < 1.29 is 37.9 Å². The number of esters is 2. The zero-order valence-electron chi connectivity index (χ0n) is 30.7. The average Bonchev–Trinajstić information content (AvgIpc) is 3.05. The first kappa shape index (κ1) is 46.5. The van der Waals surface area contributed by atoms with Crippen LogP contribution in [0.2, 0.25) is 0 Å². The molecule has 0 amide bonds. The summed E-state index contributed by atoms with van der Waals surface area (Å²) in [6.45, 7) is 5.18. The van der Waals surface area contributed by atoms with Crippen molar-refractivity contribution >= 4 is 19.8 Å². The van der Waals surface area contributed by atoms with E-state index in [-0.39, 0.29) is 19.4 Å². The van der Waals surface area contributed by atoms with Gasteiger partial charge in [0.05, 0.1) is 6.61 Å². The molecule has 9 heteroatoms. The third-order valence-electron chi connectivity index (χ3n) is 8.59. The number of ether oxygens (including phenoxy) is 2. The van der Waals surface area contributed by atoms with Gasteiger partial charge >= 0.3 is 19.8 Å². The Morgan fingerprint density at radius 2 is 0.979 bits per heavy atom. The Labute approximate surface area is 294 Å². The van der Waals surface area contributed by atoms with Gasteiger partial charge in [0, 0.05) is 12.8 Å². The first-order valence-corrected chi connectivity index (χ1v) is 21.1. The van der Waals surface area contributed by atoms with E-state index in [9.17, 15) is 14.2 Å². The fourth-order valence-corrected chi connectivity index (χ4v) is 6.00. The minimum absolute atomic E-state index is 0.208. The number of hydrogen-bond donors (Lipinski definition) is 2. The second-order valence-electron chi connectivity index (χ2n) is 13.3. The number of hydrogen-bond acceptors (Lipinski definition) is 6. The normalized spacial score (nSPS) is 12.4. The van der Waals surface area contributed by atoms with Crippen LogP contribution in [0.3, 0.4) is 0 Å². The predicted octanol–water partition coefficient (Wildman–Crippen LogP) is 11.6. The van der Waals surface area contributed by atoms with Gasteiger partial charge < -0.3 is 19.3 Å². The molecular formula is C39H73O8P. The van der Waals surface area contributed by atoms with Crippen LogP contribution < -0.4 is 0 Å². The number of unbranched alkanes of at least 4 members (excludes halogenated alkanes) is 24. The largest absolute Gasteiger partial charge is 0.469 e. The van der Waals surface area contributed by atoms with E-state index in [4.69, 9.17) is 19.3 Å². The molecule has 8 nitrogen and oxygen atoms in total. The van der Waals surface area contributed by atoms with E-state index in [1.807, 2.05) is 6.08 Å². The first-order valence-electron chi connectivity index (χ1n) is 19.6. The Hall–Kier alpha value is -1.47. The van der Waals surface area contributed by atoms with Crippen molar-refractivity contribution in [3.05, 3.63) is 24.8 Å². The lowest BCUT2D eigenvalue weighted by Crippen LogP contribution is -2.29. The molecular weight excluding hydrogens is 627 g/mol. The molecule has 282 valence electrons. The molecule has 0 fully saturated rings. The van der Waals surface area contributed by atoms with Crippen LogP contribution in [0.1, 0.15) is 193 Å². The lowest BCUT2D eigenvalue weighted by Gasteiger charge is -2.18. The molecule has 0 bridgehead atoms. The number of phosphoric acid groups is 1. The highest BCUT2D eigenvalue weighted by atomic mass is 31.2. The van der Waals surface area contributed by atoms with E-state index >= 15 is 0 Å². The highest BCUT2D eigenvalue weighted by Gasteiger charge is 2.22. The Balaban J connectivity index is 3.92. The lowest BCUT2D eigenvalue weighted by atomic mass is 10.0. The summed E-state index contributed by atoms with van der Waals surface area (Å²) < 4.78 is 26.3. The third kappa shape index (κ3) is 37.4. The number of carbonyl (C=O) groups excluding carboxylic acids is 2. The summed E-state index contributed by atoms with van der Waals surface area (Å²) in [5, 5.41) is 0. The van der Waals surface area contributed by atoms with Gasteiger partial charge in [-0.25, -0.2) is 4.57 Å². The highest BCUT2D eigenvalue weighted by molar-refractivity contribution is 7.46. The Morgan fingerprint density at radius 1 is 0.583 bits per heavy atom. The minimum Gasteiger partial charge on any atom is -0.462 e. The van der Waals surface area contributed by atoms with E-state index in [0.29, 0.717) is 6.42 Å². The maximum atomic E-state index is 12.4. The number of allylic oxidation sites excluding steroid dienone is 3. The van der Waals surface area contributed by atoms with Gasteiger partial charge in [-0.3, -0.25) is 14.1 Å². The van der Waals surface area contributed by atoms with Crippen LogP contribution in [0.4, 0.5) is 0 Å². The molecule has 0 aromatic rings. The van der Waals surface area contributed by atoms with E-state index in [1.165, 1.54) is 116 Å². The summed E-state index contributed by atoms with van der Waals surface area (Å²) >= 11 is 0. The minimum atomic E-state index is -4.75. The average molecular weight is 701 g/mol. The van der Waals surface area contributed by atoms with E-state index in [0.717, 1.165) is 51.4 Å². The molecule has 0 aliphatic heterocycles. The van der Waals surface area contributed by atoms with Crippen LogP contribution in [-0.2, 0) is 28.2 Å². The highest BCUT2D eigenvalue weighted by Crippen LogP contribution is 2.36. The molecule has 2 N–H and O–H groups in total. The van der Waals surface area contributed by atoms with Crippen LogP contribution in [0.15, 0.2) is 24.8 Å². The van der Waals surface area contributed by atoms with Crippen molar-refractivity contribution in [1.82, 2.24) is 0 Å². The summed E-state index contributed by atoms with van der Waals surface area (Å²) in [6.07, 6.45) is 37.9. The molecule has 0 saturated carbocycles. The molecule has 0 aromatic heterocycles. The zero-order chi connectivity index (χ0) is 35.4. The van der Waals surface area contributed by atoms with E-state index < -0.39 is 32.5 Å². The lowest BCUT2D eigenvalue weighted by molar-refractivity contribution is -0.161.